The van der Waals surface area contributed by atoms with Crippen molar-refractivity contribution in [3.63, 3.8) is 0 Å². The average Bonchev–Trinajstić information content (AvgIpc) is 3.13. The summed E-state index contributed by atoms with van der Waals surface area (Å²) >= 11 is 0. The van der Waals surface area contributed by atoms with Gasteiger partial charge in [0.25, 0.3) is 0 Å². The van der Waals surface area contributed by atoms with Crippen LogP contribution in [0.3, 0.4) is 0 Å². The number of rotatable bonds is 7. The fraction of sp³-hybridized carbons (Fsp3) is 0.467. The molecule has 0 amide bonds. The van der Waals surface area contributed by atoms with E-state index in [0.29, 0.717) is 5.92 Å². The normalized spacial score (nSPS) is 14.5. The second kappa shape index (κ2) is 5.96. The van der Waals surface area contributed by atoms with Gasteiger partial charge < -0.3 is 10.1 Å². The molecule has 8 nitrogen and oxygen atoms in total. The number of methoxy groups -OCH3 is 1. The lowest BCUT2D eigenvalue weighted by Gasteiger charge is -2.06. The fourth-order valence-electron chi connectivity index (χ4n) is 2.53. The quantitative estimate of drug-likeness (QED) is 0.650. The van der Waals surface area contributed by atoms with Gasteiger partial charge in [0.05, 0.1) is 18.1 Å². The number of aryl methyl sites for hydroxylation is 1. The molecule has 4 rings (SSSR count). The monoisotopic (exact) mass is 313 g/mol. The summed E-state index contributed by atoms with van der Waals surface area (Å²) in [6, 6.07) is 0. The van der Waals surface area contributed by atoms with Crippen LogP contribution >= 0.6 is 0 Å². The number of ether oxygens (including phenoxy) is 1. The van der Waals surface area contributed by atoms with Crippen LogP contribution < -0.4 is 5.32 Å². The molecular weight excluding hydrogens is 294 g/mol. The minimum Gasteiger partial charge on any atom is -0.385 e. The van der Waals surface area contributed by atoms with Crippen molar-refractivity contribution < 1.29 is 4.74 Å². The van der Waals surface area contributed by atoms with Crippen LogP contribution in [0.1, 0.15) is 31.0 Å². The summed E-state index contributed by atoms with van der Waals surface area (Å²) in [4.78, 5) is 9.24. The van der Waals surface area contributed by atoms with E-state index in [1.807, 2.05) is 10.9 Å². The van der Waals surface area contributed by atoms with Gasteiger partial charge in [-0.25, -0.2) is 9.97 Å². The van der Waals surface area contributed by atoms with Crippen LogP contribution in [-0.2, 0) is 11.3 Å². The van der Waals surface area contributed by atoms with Crippen molar-refractivity contribution in [3.8, 4) is 0 Å². The summed E-state index contributed by atoms with van der Waals surface area (Å²) in [5.41, 5.74) is 2.57. The Kier molecular flexibility index (Phi) is 3.66. The second-order valence-electron chi connectivity index (χ2n) is 5.80. The number of aromatic nitrogens is 6. The lowest BCUT2D eigenvalue weighted by molar-refractivity contribution is 0.189. The Hall–Kier alpha value is -2.48. The molecule has 23 heavy (non-hydrogen) atoms. The maximum absolute atomic E-state index is 5.06. The molecule has 1 aliphatic carbocycles. The summed E-state index contributed by atoms with van der Waals surface area (Å²) in [6.07, 6.45) is 8.77. The van der Waals surface area contributed by atoms with E-state index in [2.05, 4.69) is 30.6 Å². The molecule has 0 unspecified atom stereocenters. The Balaban J connectivity index is 1.56. The van der Waals surface area contributed by atoms with Crippen molar-refractivity contribution in [2.75, 3.05) is 19.0 Å². The van der Waals surface area contributed by atoms with Gasteiger partial charge in [-0.05, 0) is 19.3 Å². The molecule has 120 valence electrons. The van der Waals surface area contributed by atoms with Crippen molar-refractivity contribution >= 4 is 22.5 Å². The van der Waals surface area contributed by atoms with Gasteiger partial charge in [-0.3, -0.25) is 9.78 Å². The van der Waals surface area contributed by atoms with E-state index in [4.69, 9.17) is 4.74 Å². The number of nitrogens with zero attached hydrogens (tertiary/aromatic N) is 5. The Morgan fingerprint density at radius 2 is 2.26 bits per heavy atom. The molecule has 0 bridgehead atoms. The lowest BCUT2D eigenvalue weighted by atomic mass is 10.3. The number of fused-ring (bicyclic) bond motifs is 1. The van der Waals surface area contributed by atoms with Gasteiger partial charge in [-0.1, -0.05) is 0 Å². The van der Waals surface area contributed by atoms with Crippen LogP contribution in [0.5, 0.6) is 0 Å². The van der Waals surface area contributed by atoms with Crippen molar-refractivity contribution in [2.24, 2.45) is 0 Å². The highest BCUT2D eigenvalue weighted by molar-refractivity contribution is 5.86. The smallest absolute Gasteiger partial charge is 0.160 e. The van der Waals surface area contributed by atoms with Crippen molar-refractivity contribution in [1.29, 1.82) is 0 Å². The molecule has 3 aromatic rings. The van der Waals surface area contributed by atoms with Gasteiger partial charge in [0.2, 0.25) is 0 Å². The zero-order valence-electron chi connectivity index (χ0n) is 13.0. The molecule has 0 radical (unpaired) electrons. The number of anilines is 2. The molecule has 1 saturated carbocycles. The first kappa shape index (κ1) is 14.1. The molecule has 0 aromatic carbocycles. The van der Waals surface area contributed by atoms with Gasteiger partial charge in [-0.15, -0.1) is 0 Å². The highest BCUT2D eigenvalue weighted by atomic mass is 16.5. The van der Waals surface area contributed by atoms with E-state index >= 15 is 0 Å². The Morgan fingerprint density at radius 1 is 1.35 bits per heavy atom. The number of H-pyrrole nitrogens is 1. The molecule has 0 saturated heterocycles. The van der Waals surface area contributed by atoms with Crippen LogP contribution in [0.25, 0.3) is 11.0 Å². The third-order valence-corrected chi connectivity index (χ3v) is 3.89. The summed E-state index contributed by atoms with van der Waals surface area (Å²) in [7, 11) is 1.71. The van der Waals surface area contributed by atoms with Crippen LogP contribution in [0.15, 0.2) is 18.6 Å². The highest BCUT2D eigenvalue weighted by Crippen LogP contribution is 2.39. The zero-order valence-corrected chi connectivity index (χ0v) is 13.0. The zero-order chi connectivity index (χ0) is 15.6. The molecule has 8 heteroatoms. The number of nitrogens with one attached hydrogen (secondary N) is 2. The van der Waals surface area contributed by atoms with E-state index in [0.717, 1.165) is 47.9 Å². The van der Waals surface area contributed by atoms with E-state index in [9.17, 15) is 0 Å². The third-order valence-electron chi connectivity index (χ3n) is 3.89. The molecule has 3 heterocycles. The topological polar surface area (TPSA) is 93.5 Å². The van der Waals surface area contributed by atoms with Gasteiger partial charge >= 0.3 is 0 Å². The first-order chi connectivity index (χ1) is 11.3. The van der Waals surface area contributed by atoms with Gasteiger partial charge in [0.15, 0.2) is 5.82 Å². The number of aromatic amines is 1. The molecule has 1 aliphatic rings. The third kappa shape index (κ3) is 3.02. The van der Waals surface area contributed by atoms with Crippen molar-refractivity contribution in [2.45, 2.75) is 31.7 Å². The van der Waals surface area contributed by atoms with Crippen LogP contribution in [0, 0.1) is 0 Å². The largest absolute Gasteiger partial charge is 0.385 e. The van der Waals surface area contributed by atoms with E-state index in [1.54, 1.807) is 19.5 Å². The van der Waals surface area contributed by atoms with E-state index < -0.39 is 0 Å². The number of hydrogen-bond acceptors (Lipinski definition) is 6. The van der Waals surface area contributed by atoms with Gasteiger partial charge in [-0.2, -0.15) is 10.2 Å². The minimum atomic E-state index is 0.492. The fourth-order valence-corrected chi connectivity index (χ4v) is 2.53. The Bertz CT molecular complexity index is 805. The maximum atomic E-state index is 5.06. The average molecular weight is 313 g/mol. The molecule has 0 aliphatic heterocycles. The molecule has 2 N–H and O–H groups in total. The number of hydrogen-bond donors (Lipinski definition) is 2. The molecule has 0 spiro atoms. The van der Waals surface area contributed by atoms with E-state index in [-0.39, 0.29) is 0 Å². The van der Waals surface area contributed by atoms with Gasteiger partial charge in [0.1, 0.15) is 16.9 Å². The SMILES string of the molecule is COCCCn1cc(Nc2nc(C3CC3)nc3cn[nH]c23)cn1. The Morgan fingerprint density at radius 3 is 3.09 bits per heavy atom. The molecule has 1 fully saturated rings. The lowest BCUT2D eigenvalue weighted by Crippen LogP contribution is -2.02. The summed E-state index contributed by atoms with van der Waals surface area (Å²) < 4.78 is 6.96. The summed E-state index contributed by atoms with van der Waals surface area (Å²) in [6.45, 7) is 1.56. The molecule has 3 aromatic heterocycles. The second-order valence-corrected chi connectivity index (χ2v) is 5.80. The van der Waals surface area contributed by atoms with E-state index in [1.165, 1.54) is 12.8 Å². The summed E-state index contributed by atoms with van der Waals surface area (Å²) in [5, 5.41) is 14.7. The maximum Gasteiger partial charge on any atom is 0.160 e. The summed E-state index contributed by atoms with van der Waals surface area (Å²) in [5.74, 6) is 2.14. The van der Waals surface area contributed by atoms with Crippen molar-refractivity contribution in [3.05, 3.63) is 24.4 Å². The van der Waals surface area contributed by atoms with Crippen LogP contribution in [-0.4, -0.2) is 43.7 Å². The van der Waals surface area contributed by atoms with Crippen LogP contribution in [0.4, 0.5) is 11.5 Å². The highest BCUT2D eigenvalue weighted by Gasteiger charge is 2.28. The predicted octanol–water partition coefficient (Wildman–Crippen LogP) is 2.21. The minimum absolute atomic E-state index is 0.492. The predicted molar refractivity (Wildman–Crippen MR) is 85.7 cm³/mol. The van der Waals surface area contributed by atoms with Crippen molar-refractivity contribution in [1.82, 2.24) is 29.9 Å². The first-order valence-corrected chi connectivity index (χ1v) is 7.83. The standard InChI is InChI=1S/C15H19N7O/c1-23-6-2-5-22-9-11(7-17-22)18-15-13-12(8-16-21-13)19-14(20-15)10-3-4-10/h7-10H,2-6H2,1H3,(H,16,21)(H,18,19,20). The molecule has 0 atom stereocenters. The van der Waals surface area contributed by atoms with Crippen LogP contribution in [0.2, 0.25) is 0 Å². The van der Waals surface area contributed by atoms with Gasteiger partial charge in [0, 0.05) is 32.4 Å². The Labute approximate surface area is 133 Å². The first-order valence-electron chi connectivity index (χ1n) is 7.83. The molecular formula is C15H19N7O.